The highest BCUT2D eigenvalue weighted by Gasteiger charge is 2.35. The van der Waals surface area contributed by atoms with Gasteiger partial charge in [-0.05, 0) is 34.4 Å². The Labute approximate surface area is 187 Å². The summed E-state index contributed by atoms with van der Waals surface area (Å²) >= 11 is 0. The van der Waals surface area contributed by atoms with E-state index in [2.05, 4.69) is 25.2 Å². The van der Waals surface area contributed by atoms with Crippen LogP contribution in [0.4, 0.5) is 11.4 Å². The third-order valence-electron chi connectivity index (χ3n) is 6.42. The standard InChI is InChI=1S/C25H21NO7/c1-25(2)13-6-4-3-5-11(13)12-8-7-10(9-14(12)25)26-17-18(27)15-16(19(28)22(17)31)21(30)24(33)23(32)20(15)29/h3-9,26-33H,1-2H3. The minimum atomic E-state index is -1.10. The lowest BCUT2D eigenvalue weighted by atomic mass is 9.82. The van der Waals surface area contributed by atoms with Gasteiger partial charge in [0.1, 0.15) is 5.69 Å². The van der Waals surface area contributed by atoms with E-state index in [0.717, 1.165) is 16.7 Å². The van der Waals surface area contributed by atoms with Crippen molar-refractivity contribution in [3.63, 3.8) is 0 Å². The van der Waals surface area contributed by atoms with E-state index in [-0.39, 0.29) is 11.1 Å². The largest absolute Gasteiger partial charge is 0.505 e. The number of benzene rings is 4. The summed E-state index contributed by atoms with van der Waals surface area (Å²) in [5, 5.41) is 73.4. The van der Waals surface area contributed by atoms with E-state index in [1.54, 1.807) is 6.07 Å². The Morgan fingerprint density at radius 3 is 1.79 bits per heavy atom. The van der Waals surface area contributed by atoms with E-state index in [1.165, 1.54) is 5.56 Å². The molecule has 1 aliphatic rings. The maximum atomic E-state index is 10.8. The smallest absolute Gasteiger partial charge is 0.205 e. The van der Waals surface area contributed by atoms with Crippen molar-refractivity contribution in [3.05, 3.63) is 53.6 Å². The van der Waals surface area contributed by atoms with Gasteiger partial charge in [0.2, 0.25) is 11.5 Å². The molecule has 4 aromatic carbocycles. The lowest BCUT2D eigenvalue weighted by Gasteiger charge is -2.22. The van der Waals surface area contributed by atoms with E-state index >= 15 is 0 Å². The van der Waals surface area contributed by atoms with E-state index < -0.39 is 51.0 Å². The molecule has 8 nitrogen and oxygen atoms in total. The molecule has 0 saturated heterocycles. The second kappa shape index (κ2) is 6.52. The normalized spacial score (nSPS) is 13.6. The third-order valence-corrected chi connectivity index (χ3v) is 6.42. The summed E-state index contributed by atoms with van der Waals surface area (Å²) in [5.41, 5.74) is 4.18. The lowest BCUT2D eigenvalue weighted by molar-refractivity contribution is 0.347. The minimum Gasteiger partial charge on any atom is -0.505 e. The van der Waals surface area contributed by atoms with Crippen LogP contribution < -0.4 is 5.32 Å². The first-order valence-corrected chi connectivity index (χ1v) is 10.1. The first-order valence-electron chi connectivity index (χ1n) is 10.1. The number of anilines is 2. The molecule has 0 aliphatic heterocycles. The van der Waals surface area contributed by atoms with E-state index in [0.29, 0.717) is 5.69 Å². The Kier molecular flexibility index (Phi) is 4.04. The number of nitrogens with one attached hydrogen (secondary N) is 1. The number of aromatic hydroxyl groups is 7. The molecule has 5 rings (SSSR count). The summed E-state index contributed by atoms with van der Waals surface area (Å²) in [6.07, 6.45) is 0. The van der Waals surface area contributed by atoms with Crippen molar-refractivity contribution in [1.29, 1.82) is 0 Å². The maximum Gasteiger partial charge on any atom is 0.205 e. The minimum absolute atomic E-state index is 0.299. The van der Waals surface area contributed by atoms with Gasteiger partial charge in [0.15, 0.2) is 28.7 Å². The molecule has 8 heteroatoms. The average molecular weight is 447 g/mol. The summed E-state index contributed by atoms with van der Waals surface area (Å²) in [4.78, 5) is 0. The third kappa shape index (κ3) is 2.57. The molecule has 0 unspecified atom stereocenters. The predicted octanol–water partition coefficient (Wildman–Crippen LogP) is 4.83. The molecule has 0 saturated carbocycles. The second-order valence-electron chi connectivity index (χ2n) is 8.62. The molecule has 0 fully saturated rings. The fraction of sp³-hybridized carbons (Fsp3) is 0.120. The topological polar surface area (TPSA) is 154 Å². The molecule has 33 heavy (non-hydrogen) atoms. The average Bonchev–Trinajstić information content (AvgIpc) is 3.03. The van der Waals surface area contributed by atoms with Crippen molar-refractivity contribution in [1.82, 2.24) is 0 Å². The van der Waals surface area contributed by atoms with Crippen LogP contribution in [0.5, 0.6) is 40.2 Å². The summed E-state index contributed by atoms with van der Waals surface area (Å²) in [5.74, 6) is -6.62. The van der Waals surface area contributed by atoms with Gasteiger partial charge in [0.05, 0.1) is 10.8 Å². The van der Waals surface area contributed by atoms with Crippen LogP contribution in [0.1, 0.15) is 25.0 Å². The van der Waals surface area contributed by atoms with Crippen LogP contribution in [-0.2, 0) is 5.41 Å². The summed E-state index contributed by atoms with van der Waals surface area (Å²) in [6, 6.07) is 13.6. The van der Waals surface area contributed by atoms with Crippen LogP contribution in [0.25, 0.3) is 21.9 Å². The summed E-state index contributed by atoms with van der Waals surface area (Å²) < 4.78 is 0. The SMILES string of the molecule is CC1(C)c2ccccc2-c2ccc(Nc3c(O)c(O)c4c(O)c(O)c(O)c(O)c4c3O)cc21. The van der Waals surface area contributed by atoms with E-state index in [1.807, 2.05) is 30.3 Å². The quantitative estimate of drug-likeness (QED) is 0.161. The number of hydrogen-bond acceptors (Lipinski definition) is 8. The Morgan fingerprint density at radius 2 is 1.12 bits per heavy atom. The van der Waals surface area contributed by atoms with Gasteiger partial charge in [-0.15, -0.1) is 0 Å². The number of phenolic OH excluding ortho intramolecular Hbond substituents is 7. The van der Waals surface area contributed by atoms with Gasteiger partial charge in [-0.1, -0.05) is 44.2 Å². The van der Waals surface area contributed by atoms with Crippen molar-refractivity contribution >= 4 is 22.1 Å². The zero-order chi connectivity index (χ0) is 23.8. The van der Waals surface area contributed by atoms with E-state index in [4.69, 9.17) is 0 Å². The molecule has 168 valence electrons. The highest BCUT2D eigenvalue weighted by atomic mass is 16.3. The second-order valence-corrected chi connectivity index (χ2v) is 8.62. The zero-order valence-corrected chi connectivity index (χ0v) is 17.7. The predicted molar refractivity (Wildman–Crippen MR) is 123 cm³/mol. The van der Waals surface area contributed by atoms with Gasteiger partial charge in [0, 0.05) is 11.1 Å². The van der Waals surface area contributed by atoms with Gasteiger partial charge in [0.25, 0.3) is 0 Å². The monoisotopic (exact) mass is 447 g/mol. The van der Waals surface area contributed by atoms with Crippen molar-refractivity contribution in [2.45, 2.75) is 19.3 Å². The summed E-state index contributed by atoms with van der Waals surface area (Å²) in [7, 11) is 0. The first-order chi connectivity index (χ1) is 15.6. The number of hydrogen-bond donors (Lipinski definition) is 8. The molecule has 8 N–H and O–H groups in total. The van der Waals surface area contributed by atoms with Gasteiger partial charge in [-0.2, -0.15) is 0 Å². The van der Waals surface area contributed by atoms with Crippen LogP contribution in [0.2, 0.25) is 0 Å². The lowest BCUT2D eigenvalue weighted by Crippen LogP contribution is -2.15. The van der Waals surface area contributed by atoms with Crippen LogP contribution in [-0.4, -0.2) is 35.7 Å². The van der Waals surface area contributed by atoms with E-state index in [9.17, 15) is 35.7 Å². The number of rotatable bonds is 2. The van der Waals surface area contributed by atoms with Crippen LogP contribution in [0.15, 0.2) is 42.5 Å². The van der Waals surface area contributed by atoms with Crippen molar-refractivity contribution in [2.24, 2.45) is 0 Å². The zero-order valence-electron chi connectivity index (χ0n) is 17.7. The fourth-order valence-corrected chi connectivity index (χ4v) is 4.68. The molecule has 0 aromatic heterocycles. The summed E-state index contributed by atoms with van der Waals surface area (Å²) in [6.45, 7) is 4.18. The van der Waals surface area contributed by atoms with Crippen LogP contribution in [0, 0.1) is 0 Å². The van der Waals surface area contributed by atoms with Crippen molar-refractivity contribution in [3.8, 4) is 51.4 Å². The van der Waals surface area contributed by atoms with Gasteiger partial charge >= 0.3 is 0 Å². The maximum absolute atomic E-state index is 10.8. The van der Waals surface area contributed by atoms with Gasteiger partial charge in [-0.3, -0.25) is 0 Å². The molecule has 0 atom stereocenters. The molecular formula is C25H21NO7. The number of fused-ring (bicyclic) bond motifs is 4. The molecule has 4 aromatic rings. The Bertz CT molecular complexity index is 1490. The van der Waals surface area contributed by atoms with Crippen molar-refractivity contribution in [2.75, 3.05) is 5.32 Å². The highest BCUT2D eigenvalue weighted by Crippen LogP contribution is 2.59. The Balaban J connectivity index is 1.68. The molecule has 0 amide bonds. The first kappa shape index (κ1) is 20.4. The Morgan fingerprint density at radius 1 is 0.576 bits per heavy atom. The molecule has 0 spiro atoms. The fourth-order valence-electron chi connectivity index (χ4n) is 4.68. The van der Waals surface area contributed by atoms with Gasteiger partial charge in [-0.25, -0.2) is 0 Å². The van der Waals surface area contributed by atoms with Gasteiger partial charge < -0.3 is 41.1 Å². The highest BCUT2D eigenvalue weighted by molar-refractivity contribution is 6.10. The molecule has 0 heterocycles. The number of phenols is 7. The molecular weight excluding hydrogens is 426 g/mol. The Hall–Kier alpha value is -4.46. The van der Waals surface area contributed by atoms with Crippen LogP contribution in [0.3, 0.4) is 0 Å². The molecule has 1 aliphatic carbocycles. The molecule has 0 radical (unpaired) electrons. The van der Waals surface area contributed by atoms with Crippen molar-refractivity contribution < 1.29 is 35.7 Å². The van der Waals surface area contributed by atoms with Crippen LogP contribution >= 0.6 is 0 Å². The molecule has 0 bridgehead atoms.